The van der Waals surface area contributed by atoms with Crippen molar-refractivity contribution in [1.29, 1.82) is 0 Å². The highest BCUT2D eigenvalue weighted by Crippen LogP contribution is 2.25. The average Bonchev–Trinajstić information content (AvgIpc) is 2.89. The minimum Gasteiger partial charge on any atom is -0.444 e. The molecular weight excluding hydrogens is 252 g/mol. The van der Waals surface area contributed by atoms with Gasteiger partial charge >= 0.3 is 0 Å². The van der Waals surface area contributed by atoms with Crippen LogP contribution in [0.15, 0.2) is 34.9 Å². The lowest BCUT2D eigenvalue weighted by molar-refractivity contribution is 0.453. The fourth-order valence-corrected chi connectivity index (χ4v) is 2.18. The van der Waals surface area contributed by atoms with Crippen molar-refractivity contribution in [1.82, 2.24) is 15.2 Å². The van der Waals surface area contributed by atoms with Crippen LogP contribution >= 0.6 is 0 Å². The third-order valence-electron chi connectivity index (χ3n) is 3.23. The van der Waals surface area contributed by atoms with Gasteiger partial charge in [0.1, 0.15) is 11.8 Å². The number of hydrogen-bond acceptors (Lipinski definition) is 5. The minimum absolute atomic E-state index is 0.0656. The van der Waals surface area contributed by atoms with Crippen LogP contribution in [0, 0.1) is 13.8 Å². The molecule has 0 radical (unpaired) electrons. The molecule has 3 aromatic rings. The molecule has 0 bridgehead atoms. The molecule has 0 amide bonds. The Labute approximate surface area is 117 Å². The van der Waals surface area contributed by atoms with Gasteiger partial charge in [-0.05, 0) is 20.8 Å². The van der Waals surface area contributed by atoms with E-state index in [1.807, 2.05) is 45.0 Å². The summed E-state index contributed by atoms with van der Waals surface area (Å²) in [7, 11) is 0. The Morgan fingerprint density at radius 2 is 1.85 bits per heavy atom. The van der Waals surface area contributed by atoms with Crippen LogP contribution in [0.2, 0.25) is 0 Å². The first-order valence-electron chi connectivity index (χ1n) is 6.56. The van der Waals surface area contributed by atoms with Gasteiger partial charge in [0.2, 0.25) is 5.89 Å². The Morgan fingerprint density at radius 1 is 1.10 bits per heavy atom. The van der Waals surface area contributed by atoms with Crippen LogP contribution in [0.3, 0.4) is 0 Å². The molecule has 5 nitrogen and oxygen atoms in total. The number of aryl methyl sites for hydroxylation is 2. The fourth-order valence-electron chi connectivity index (χ4n) is 2.18. The first kappa shape index (κ1) is 12.6. The summed E-state index contributed by atoms with van der Waals surface area (Å²) in [6.07, 6.45) is 1.71. The Hall–Kier alpha value is -2.43. The summed E-state index contributed by atoms with van der Waals surface area (Å²) in [6, 6.07) is 8.01. The number of anilines is 1. The number of oxazole rings is 1. The summed E-state index contributed by atoms with van der Waals surface area (Å²) in [4.78, 5) is 4.23. The standard InChI is InChI=1S/C15H16N4O/c1-9-8-16-15(20-9)11(3)17-14-13-7-5-4-6-12(13)10(2)18-19-14/h4-8,11H,1-3H3,(H,17,19). The van der Waals surface area contributed by atoms with Gasteiger partial charge in [-0.25, -0.2) is 4.98 Å². The molecule has 20 heavy (non-hydrogen) atoms. The highest BCUT2D eigenvalue weighted by Gasteiger charge is 2.14. The lowest BCUT2D eigenvalue weighted by Crippen LogP contribution is -2.09. The van der Waals surface area contributed by atoms with E-state index in [2.05, 4.69) is 20.5 Å². The maximum atomic E-state index is 5.53. The van der Waals surface area contributed by atoms with E-state index < -0.39 is 0 Å². The number of nitrogens with one attached hydrogen (secondary N) is 1. The predicted molar refractivity (Wildman–Crippen MR) is 77.6 cm³/mol. The molecule has 3 rings (SSSR count). The van der Waals surface area contributed by atoms with Crippen LogP contribution < -0.4 is 5.32 Å². The van der Waals surface area contributed by atoms with E-state index in [-0.39, 0.29) is 6.04 Å². The molecule has 1 N–H and O–H groups in total. The number of aromatic nitrogens is 3. The molecule has 0 spiro atoms. The fraction of sp³-hybridized carbons (Fsp3) is 0.267. The van der Waals surface area contributed by atoms with Gasteiger partial charge < -0.3 is 9.73 Å². The van der Waals surface area contributed by atoms with E-state index in [4.69, 9.17) is 4.42 Å². The number of benzene rings is 1. The highest BCUT2D eigenvalue weighted by atomic mass is 16.4. The maximum Gasteiger partial charge on any atom is 0.216 e. The molecule has 1 aromatic carbocycles. The third kappa shape index (κ3) is 2.22. The van der Waals surface area contributed by atoms with Crippen molar-refractivity contribution >= 4 is 16.6 Å². The molecule has 0 fully saturated rings. The SMILES string of the molecule is Cc1cnc(C(C)Nc2nnc(C)c3ccccc23)o1. The molecule has 1 unspecified atom stereocenters. The van der Waals surface area contributed by atoms with Crippen LogP contribution in [0.4, 0.5) is 5.82 Å². The summed E-state index contributed by atoms with van der Waals surface area (Å²) < 4.78 is 5.53. The molecular formula is C15H16N4O. The van der Waals surface area contributed by atoms with Crippen molar-refractivity contribution in [2.75, 3.05) is 5.32 Å². The van der Waals surface area contributed by atoms with Gasteiger partial charge in [-0.15, -0.1) is 5.10 Å². The average molecular weight is 268 g/mol. The van der Waals surface area contributed by atoms with Crippen LogP contribution in [0.1, 0.15) is 30.3 Å². The van der Waals surface area contributed by atoms with Gasteiger partial charge in [-0.2, -0.15) is 5.10 Å². The van der Waals surface area contributed by atoms with Crippen molar-refractivity contribution < 1.29 is 4.42 Å². The van der Waals surface area contributed by atoms with Crippen LogP contribution in [-0.4, -0.2) is 15.2 Å². The van der Waals surface area contributed by atoms with Gasteiger partial charge in [0.05, 0.1) is 11.9 Å². The Balaban J connectivity index is 1.97. The Kier molecular flexibility index (Phi) is 3.10. The molecule has 0 saturated carbocycles. The van der Waals surface area contributed by atoms with Crippen molar-refractivity contribution in [3.8, 4) is 0 Å². The highest BCUT2D eigenvalue weighted by molar-refractivity contribution is 5.92. The predicted octanol–water partition coefficient (Wildman–Crippen LogP) is 3.41. The van der Waals surface area contributed by atoms with E-state index >= 15 is 0 Å². The van der Waals surface area contributed by atoms with Crippen molar-refractivity contribution in [3.05, 3.63) is 47.8 Å². The summed E-state index contributed by atoms with van der Waals surface area (Å²) in [5.74, 6) is 2.19. The third-order valence-corrected chi connectivity index (χ3v) is 3.23. The molecule has 2 heterocycles. The van der Waals surface area contributed by atoms with Crippen LogP contribution in [0.25, 0.3) is 10.8 Å². The zero-order valence-electron chi connectivity index (χ0n) is 11.7. The van der Waals surface area contributed by atoms with Crippen molar-refractivity contribution in [2.24, 2.45) is 0 Å². The quantitative estimate of drug-likeness (QED) is 0.788. The van der Waals surface area contributed by atoms with Crippen molar-refractivity contribution in [2.45, 2.75) is 26.8 Å². The summed E-state index contributed by atoms with van der Waals surface area (Å²) in [6.45, 7) is 5.83. The van der Waals surface area contributed by atoms with Gasteiger partial charge in [0.25, 0.3) is 0 Å². The van der Waals surface area contributed by atoms with Gasteiger partial charge in [-0.1, -0.05) is 24.3 Å². The van der Waals surface area contributed by atoms with E-state index in [0.29, 0.717) is 5.89 Å². The molecule has 0 aliphatic carbocycles. The number of hydrogen-bond donors (Lipinski definition) is 1. The molecule has 5 heteroatoms. The van der Waals surface area contributed by atoms with Crippen LogP contribution in [-0.2, 0) is 0 Å². The second-order valence-corrected chi connectivity index (χ2v) is 4.85. The molecule has 0 aliphatic rings. The first-order chi connectivity index (χ1) is 9.65. The zero-order valence-corrected chi connectivity index (χ0v) is 11.7. The molecule has 1 atom stereocenters. The topological polar surface area (TPSA) is 63.8 Å². The lowest BCUT2D eigenvalue weighted by Gasteiger charge is -2.13. The second-order valence-electron chi connectivity index (χ2n) is 4.85. The lowest BCUT2D eigenvalue weighted by atomic mass is 10.1. The number of rotatable bonds is 3. The number of fused-ring (bicyclic) bond motifs is 1. The molecule has 0 aliphatic heterocycles. The Bertz CT molecular complexity index is 750. The summed E-state index contributed by atoms with van der Waals surface area (Å²) >= 11 is 0. The van der Waals surface area contributed by atoms with Crippen molar-refractivity contribution in [3.63, 3.8) is 0 Å². The number of nitrogens with zero attached hydrogens (tertiary/aromatic N) is 3. The zero-order chi connectivity index (χ0) is 14.1. The summed E-state index contributed by atoms with van der Waals surface area (Å²) in [5, 5.41) is 13.9. The van der Waals surface area contributed by atoms with Gasteiger partial charge in [-0.3, -0.25) is 0 Å². The summed E-state index contributed by atoms with van der Waals surface area (Å²) in [5.41, 5.74) is 0.922. The van der Waals surface area contributed by atoms with E-state index in [0.717, 1.165) is 28.0 Å². The molecule has 102 valence electrons. The van der Waals surface area contributed by atoms with E-state index in [1.54, 1.807) is 6.20 Å². The molecule has 0 saturated heterocycles. The van der Waals surface area contributed by atoms with Gasteiger partial charge in [0, 0.05) is 10.8 Å². The van der Waals surface area contributed by atoms with Crippen LogP contribution in [0.5, 0.6) is 0 Å². The first-order valence-corrected chi connectivity index (χ1v) is 6.56. The van der Waals surface area contributed by atoms with E-state index in [9.17, 15) is 0 Å². The minimum atomic E-state index is -0.0656. The molecule has 2 aromatic heterocycles. The Morgan fingerprint density at radius 3 is 2.55 bits per heavy atom. The smallest absolute Gasteiger partial charge is 0.216 e. The van der Waals surface area contributed by atoms with E-state index in [1.165, 1.54) is 0 Å². The largest absolute Gasteiger partial charge is 0.444 e. The maximum absolute atomic E-state index is 5.53. The second kappa shape index (κ2) is 4.92. The monoisotopic (exact) mass is 268 g/mol. The normalized spacial score (nSPS) is 12.6. The van der Waals surface area contributed by atoms with Gasteiger partial charge in [0.15, 0.2) is 5.82 Å².